The van der Waals surface area contributed by atoms with Crippen LogP contribution in [0.4, 0.5) is 0 Å². The Morgan fingerprint density at radius 2 is 1.79 bits per heavy atom. The summed E-state index contributed by atoms with van der Waals surface area (Å²) in [5.41, 5.74) is -0.0933. The van der Waals surface area contributed by atoms with Gasteiger partial charge < -0.3 is 0 Å². The molecule has 0 heterocycles. The molecule has 0 spiro atoms. The highest BCUT2D eigenvalue weighted by Crippen LogP contribution is 2.31. The van der Waals surface area contributed by atoms with Crippen molar-refractivity contribution in [1.29, 1.82) is 0 Å². The third-order valence-corrected chi connectivity index (χ3v) is 2.52. The lowest BCUT2D eigenvalue weighted by Gasteiger charge is -2.02. The van der Waals surface area contributed by atoms with Gasteiger partial charge in [-0.3, -0.25) is 4.79 Å². The second-order valence-corrected chi connectivity index (χ2v) is 3.42. The number of carbonyl (C=O) groups excluding carboxylic acids is 2. The molecule has 1 amide bonds. The van der Waals surface area contributed by atoms with Gasteiger partial charge in [-0.2, -0.15) is 0 Å². The van der Waals surface area contributed by atoms with E-state index in [1.165, 1.54) is 12.1 Å². The second-order valence-electron chi connectivity index (χ2n) is 2.23. The summed E-state index contributed by atoms with van der Waals surface area (Å²) < 4.78 is 0. The molecule has 0 fully saturated rings. The van der Waals surface area contributed by atoms with Crippen LogP contribution in [-0.4, -0.2) is 12.0 Å². The van der Waals surface area contributed by atoms with Crippen molar-refractivity contribution in [2.45, 2.75) is 0 Å². The number of halogens is 3. The fourth-order valence-electron chi connectivity index (χ4n) is 0.820. The highest BCUT2D eigenvalue weighted by atomic mass is 35.5. The van der Waals surface area contributed by atoms with E-state index in [9.17, 15) is 9.59 Å². The fourth-order valence-corrected chi connectivity index (χ4v) is 1.51. The van der Waals surface area contributed by atoms with Crippen molar-refractivity contribution in [2.24, 2.45) is 4.99 Å². The van der Waals surface area contributed by atoms with Crippen LogP contribution in [-0.2, 0) is 4.79 Å². The molecule has 0 N–H and O–H groups in total. The highest BCUT2D eigenvalue weighted by molar-refractivity contribution is 6.46. The largest absolute Gasteiger partial charge is 0.290 e. The quantitative estimate of drug-likeness (QED) is 0.437. The molecule has 1 aromatic carbocycles. The van der Waals surface area contributed by atoms with E-state index in [0.717, 1.165) is 6.08 Å². The van der Waals surface area contributed by atoms with Gasteiger partial charge in [0.1, 0.15) is 0 Å². The van der Waals surface area contributed by atoms with E-state index in [2.05, 4.69) is 4.99 Å². The van der Waals surface area contributed by atoms with Crippen molar-refractivity contribution in [3.05, 3.63) is 32.8 Å². The van der Waals surface area contributed by atoms with Crippen LogP contribution in [0.25, 0.3) is 0 Å². The molecule has 0 saturated heterocycles. The summed E-state index contributed by atoms with van der Waals surface area (Å²) in [6.45, 7) is 0. The van der Waals surface area contributed by atoms with Gasteiger partial charge in [0.05, 0.1) is 20.6 Å². The molecule has 0 radical (unpaired) electrons. The molecule has 0 saturated carbocycles. The van der Waals surface area contributed by atoms with Crippen molar-refractivity contribution in [3.8, 4) is 0 Å². The molecule has 6 heteroatoms. The van der Waals surface area contributed by atoms with Gasteiger partial charge >= 0.3 is 0 Å². The average molecular weight is 250 g/mol. The predicted octanol–water partition coefficient (Wildman–Crippen LogP) is 3.12. The van der Waals surface area contributed by atoms with Gasteiger partial charge in [-0.1, -0.05) is 34.8 Å². The lowest BCUT2D eigenvalue weighted by molar-refractivity contribution is 0.100. The standard InChI is InChI=1S/C8H2Cl3NO2/c9-4-1-2-5(10)7(11)6(4)8(14)12-3-13/h1-2H. The summed E-state index contributed by atoms with van der Waals surface area (Å²) >= 11 is 17.0. The third-order valence-electron chi connectivity index (χ3n) is 1.41. The van der Waals surface area contributed by atoms with Crippen molar-refractivity contribution in [2.75, 3.05) is 0 Å². The molecule has 1 rings (SSSR count). The van der Waals surface area contributed by atoms with Crippen LogP contribution < -0.4 is 0 Å². The number of carbonyl (C=O) groups is 1. The monoisotopic (exact) mass is 249 g/mol. The summed E-state index contributed by atoms with van der Waals surface area (Å²) in [4.78, 5) is 23.9. The minimum Gasteiger partial charge on any atom is -0.266 e. The van der Waals surface area contributed by atoms with Gasteiger partial charge in [-0.15, -0.1) is 4.99 Å². The normalized spacial score (nSPS) is 9.36. The van der Waals surface area contributed by atoms with Gasteiger partial charge in [-0.05, 0) is 12.1 Å². The lowest BCUT2D eigenvalue weighted by atomic mass is 10.2. The van der Waals surface area contributed by atoms with E-state index in [0.29, 0.717) is 0 Å². The van der Waals surface area contributed by atoms with Crippen molar-refractivity contribution in [1.82, 2.24) is 0 Å². The smallest absolute Gasteiger partial charge is 0.266 e. The fraction of sp³-hybridized carbons (Fsp3) is 0. The number of isocyanates is 1. The first-order valence-electron chi connectivity index (χ1n) is 3.33. The summed E-state index contributed by atoms with van der Waals surface area (Å²) in [5, 5.41) is 0.229. The van der Waals surface area contributed by atoms with E-state index >= 15 is 0 Å². The molecule has 0 aliphatic carbocycles. The van der Waals surface area contributed by atoms with Gasteiger partial charge in [0.25, 0.3) is 5.91 Å². The number of hydrogen-bond donors (Lipinski definition) is 0. The maximum Gasteiger partial charge on any atom is 0.290 e. The van der Waals surface area contributed by atoms with Crippen molar-refractivity contribution < 1.29 is 9.59 Å². The van der Waals surface area contributed by atoms with Crippen LogP contribution in [0.1, 0.15) is 10.4 Å². The number of rotatable bonds is 1. The number of aliphatic imine (C=N–C) groups is 1. The average Bonchev–Trinajstić information content (AvgIpc) is 2.13. The van der Waals surface area contributed by atoms with Gasteiger partial charge in [0, 0.05) is 0 Å². The molecule has 0 aromatic heterocycles. The molecule has 0 aliphatic rings. The van der Waals surface area contributed by atoms with E-state index in [1.54, 1.807) is 0 Å². The Kier molecular flexibility index (Phi) is 3.67. The molecule has 0 atom stereocenters. The van der Waals surface area contributed by atoms with Crippen molar-refractivity contribution in [3.63, 3.8) is 0 Å². The maximum absolute atomic E-state index is 11.2. The molecular formula is C8H2Cl3NO2. The number of benzene rings is 1. The maximum atomic E-state index is 11.2. The Labute approximate surface area is 94.3 Å². The molecule has 14 heavy (non-hydrogen) atoms. The Morgan fingerprint density at radius 3 is 2.36 bits per heavy atom. The van der Waals surface area contributed by atoms with E-state index < -0.39 is 5.91 Å². The lowest BCUT2D eigenvalue weighted by Crippen LogP contribution is -1.97. The van der Waals surface area contributed by atoms with Crippen LogP contribution in [0.15, 0.2) is 17.1 Å². The minimum absolute atomic E-state index is 0.0248. The number of nitrogens with zero attached hydrogens (tertiary/aromatic N) is 1. The highest BCUT2D eigenvalue weighted by Gasteiger charge is 2.16. The SMILES string of the molecule is O=C=NC(=O)c1c(Cl)ccc(Cl)c1Cl. The topological polar surface area (TPSA) is 46.5 Å². The Bertz CT molecular complexity index is 438. The third kappa shape index (κ3) is 2.14. The minimum atomic E-state index is -0.863. The van der Waals surface area contributed by atoms with Crippen LogP contribution in [0.5, 0.6) is 0 Å². The zero-order valence-electron chi connectivity index (χ0n) is 6.55. The zero-order chi connectivity index (χ0) is 10.7. The Hall–Kier alpha value is -0.860. The molecule has 0 bridgehead atoms. The molecule has 1 aromatic rings. The first-order valence-corrected chi connectivity index (χ1v) is 4.47. The zero-order valence-corrected chi connectivity index (χ0v) is 8.82. The summed E-state index contributed by atoms with van der Waals surface area (Å²) in [7, 11) is 0. The van der Waals surface area contributed by atoms with Gasteiger partial charge in [0.15, 0.2) is 0 Å². The number of hydrogen-bond acceptors (Lipinski definition) is 2. The summed E-state index contributed by atoms with van der Waals surface area (Å²) in [6.07, 6.45) is 1.10. The van der Waals surface area contributed by atoms with E-state index in [-0.39, 0.29) is 20.6 Å². The molecule has 0 unspecified atom stereocenters. The number of amides is 1. The van der Waals surface area contributed by atoms with Gasteiger partial charge in [0.2, 0.25) is 6.08 Å². The first-order chi connectivity index (χ1) is 6.57. The summed E-state index contributed by atoms with van der Waals surface area (Å²) in [6, 6.07) is 2.83. The van der Waals surface area contributed by atoms with Crippen LogP contribution in [0, 0.1) is 0 Å². The van der Waals surface area contributed by atoms with Crippen LogP contribution >= 0.6 is 34.8 Å². The summed E-state index contributed by atoms with van der Waals surface area (Å²) in [5.74, 6) is -0.863. The van der Waals surface area contributed by atoms with Crippen molar-refractivity contribution >= 4 is 46.8 Å². The van der Waals surface area contributed by atoms with E-state index in [1.807, 2.05) is 0 Å². The van der Waals surface area contributed by atoms with E-state index in [4.69, 9.17) is 34.8 Å². The molecule has 72 valence electrons. The molecule has 0 aliphatic heterocycles. The van der Waals surface area contributed by atoms with Crippen LogP contribution in [0.3, 0.4) is 0 Å². The Balaban J connectivity index is 3.39. The Morgan fingerprint density at radius 1 is 1.21 bits per heavy atom. The van der Waals surface area contributed by atoms with Gasteiger partial charge in [-0.25, -0.2) is 4.79 Å². The molecule has 3 nitrogen and oxygen atoms in total. The first kappa shape index (κ1) is 11.2. The predicted molar refractivity (Wildman–Crippen MR) is 53.9 cm³/mol. The van der Waals surface area contributed by atoms with Crippen LogP contribution in [0.2, 0.25) is 15.1 Å². The second kappa shape index (κ2) is 4.58. The molecular weight excluding hydrogens is 248 g/mol.